The number of hydrogen-bond donors (Lipinski definition) is 0. The van der Waals surface area contributed by atoms with Crippen molar-refractivity contribution in [2.75, 3.05) is 5.75 Å². The molecule has 84 valence electrons. The summed E-state index contributed by atoms with van der Waals surface area (Å²) in [6.45, 7) is 9.29. The van der Waals surface area contributed by atoms with Crippen LogP contribution in [-0.4, -0.2) is 12.5 Å². The van der Waals surface area contributed by atoms with E-state index in [0.29, 0.717) is 0 Å². The molecule has 0 aliphatic carbocycles. The molecule has 0 saturated carbocycles. The second-order valence-corrected chi connectivity index (χ2v) is 4.63. The minimum atomic E-state index is 0.925. The van der Waals surface area contributed by atoms with Gasteiger partial charge in [-0.1, -0.05) is 30.4 Å². The van der Waals surface area contributed by atoms with Gasteiger partial charge in [0, 0.05) is 16.3 Å². The van der Waals surface area contributed by atoms with Crippen LogP contribution in [0.2, 0.25) is 0 Å². The van der Waals surface area contributed by atoms with Gasteiger partial charge >= 0.3 is 0 Å². The highest BCUT2D eigenvalue weighted by atomic mass is 32.2. The van der Waals surface area contributed by atoms with Crippen LogP contribution in [-0.2, 0) is 0 Å². The normalized spacial score (nSPS) is 11.2. The molecule has 1 rings (SSSR count). The summed E-state index contributed by atoms with van der Waals surface area (Å²) in [5.74, 6) is 1.02. The third-order valence-corrected chi connectivity index (χ3v) is 3.17. The Kier molecular flexibility index (Phi) is 5.65. The fourth-order valence-corrected chi connectivity index (χ4v) is 2.13. The van der Waals surface area contributed by atoms with E-state index in [9.17, 15) is 0 Å². The van der Waals surface area contributed by atoms with Crippen molar-refractivity contribution in [2.24, 2.45) is 4.99 Å². The van der Waals surface area contributed by atoms with E-state index < -0.39 is 0 Å². The second-order valence-electron chi connectivity index (χ2n) is 3.46. The molecule has 16 heavy (non-hydrogen) atoms. The fourth-order valence-electron chi connectivity index (χ4n) is 1.26. The first kappa shape index (κ1) is 12.8. The smallest absolute Gasteiger partial charge is 0.0404 e. The zero-order chi connectivity index (χ0) is 11.8. The van der Waals surface area contributed by atoms with Crippen LogP contribution in [0.3, 0.4) is 0 Å². The molecular formula is C14H17NS. The van der Waals surface area contributed by atoms with Crippen molar-refractivity contribution < 1.29 is 0 Å². The van der Waals surface area contributed by atoms with E-state index in [4.69, 9.17) is 0 Å². The molecule has 1 nitrogen and oxygen atoms in total. The van der Waals surface area contributed by atoms with E-state index in [0.717, 1.165) is 17.9 Å². The zero-order valence-corrected chi connectivity index (χ0v) is 10.5. The Morgan fingerprint density at radius 1 is 1.38 bits per heavy atom. The van der Waals surface area contributed by atoms with Gasteiger partial charge in [0.25, 0.3) is 0 Å². The van der Waals surface area contributed by atoms with Crippen molar-refractivity contribution in [3.05, 3.63) is 54.3 Å². The number of rotatable bonds is 6. The Hall–Kier alpha value is -1.28. The molecule has 0 radical (unpaired) electrons. The predicted molar refractivity (Wildman–Crippen MR) is 74.3 cm³/mol. The first-order chi connectivity index (χ1) is 7.76. The lowest BCUT2D eigenvalue weighted by Crippen LogP contribution is -1.83. The number of thioether (sulfide) groups is 1. The average Bonchev–Trinajstić information content (AvgIpc) is 2.30. The van der Waals surface area contributed by atoms with Gasteiger partial charge in [0.05, 0.1) is 0 Å². The summed E-state index contributed by atoms with van der Waals surface area (Å²) < 4.78 is 0. The lowest BCUT2D eigenvalue weighted by molar-refractivity contribution is 1.09. The number of nitrogens with zero attached hydrogens (tertiary/aromatic N) is 1. The molecule has 2 heteroatoms. The van der Waals surface area contributed by atoms with E-state index in [1.54, 1.807) is 6.08 Å². The largest absolute Gasteiger partial charge is 0.269 e. The predicted octanol–water partition coefficient (Wildman–Crippen LogP) is 4.25. The van der Waals surface area contributed by atoms with E-state index in [-0.39, 0.29) is 0 Å². The van der Waals surface area contributed by atoms with Gasteiger partial charge in [0.1, 0.15) is 0 Å². The first-order valence-corrected chi connectivity index (χ1v) is 6.22. The third kappa shape index (κ3) is 4.49. The van der Waals surface area contributed by atoms with Gasteiger partial charge in [-0.05, 0) is 38.3 Å². The molecule has 0 fully saturated rings. The van der Waals surface area contributed by atoms with Gasteiger partial charge < -0.3 is 0 Å². The molecule has 0 amide bonds. The highest BCUT2D eigenvalue weighted by molar-refractivity contribution is 7.99. The molecule has 0 N–H and O–H groups in total. The van der Waals surface area contributed by atoms with Gasteiger partial charge in [-0.25, -0.2) is 0 Å². The molecule has 0 heterocycles. The summed E-state index contributed by atoms with van der Waals surface area (Å²) in [7, 11) is 0. The Balaban J connectivity index is 2.40. The van der Waals surface area contributed by atoms with Crippen molar-refractivity contribution in [2.45, 2.75) is 18.2 Å². The van der Waals surface area contributed by atoms with Gasteiger partial charge in [0.2, 0.25) is 0 Å². The van der Waals surface area contributed by atoms with Gasteiger partial charge in [-0.15, -0.1) is 11.8 Å². The minimum Gasteiger partial charge on any atom is -0.269 e. The van der Waals surface area contributed by atoms with Gasteiger partial charge in [-0.3, -0.25) is 4.99 Å². The highest BCUT2D eigenvalue weighted by Crippen LogP contribution is 2.20. The van der Waals surface area contributed by atoms with Crippen LogP contribution < -0.4 is 0 Å². The van der Waals surface area contributed by atoms with Crippen LogP contribution in [0.15, 0.2) is 58.6 Å². The summed E-state index contributed by atoms with van der Waals surface area (Å²) in [5, 5.41) is 0. The quantitative estimate of drug-likeness (QED) is 0.405. The molecule has 0 aliphatic rings. The van der Waals surface area contributed by atoms with Crippen molar-refractivity contribution in [1.29, 1.82) is 0 Å². The molecule has 0 aromatic heterocycles. The molecule has 0 unspecified atom stereocenters. The zero-order valence-electron chi connectivity index (χ0n) is 9.65. The summed E-state index contributed by atoms with van der Waals surface area (Å²) in [5.41, 5.74) is 2.29. The first-order valence-electron chi connectivity index (χ1n) is 5.24. The van der Waals surface area contributed by atoms with Crippen LogP contribution in [0.1, 0.15) is 12.0 Å². The fraction of sp³-hybridized carbons (Fsp3) is 0.214. The Labute approximate surface area is 102 Å². The molecule has 1 aromatic rings. The standard InChI is InChI=1S/C14H17NS/c1-4-5-13(15-3)10-11-16-14-8-6-12(2)7-9-14/h4-9H,1,3,10-11H2,2H3/b13-5-. The Morgan fingerprint density at radius 2 is 2.06 bits per heavy atom. The van der Waals surface area contributed by atoms with E-state index in [2.05, 4.69) is 49.5 Å². The molecule has 0 aliphatic heterocycles. The maximum Gasteiger partial charge on any atom is 0.0404 e. The molecule has 0 saturated heterocycles. The van der Waals surface area contributed by atoms with E-state index in [1.807, 2.05) is 17.8 Å². The van der Waals surface area contributed by atoms with E-state index in [1.165, 1.54) is 10.5 Å². The Morgan fingerprint density at radius 3 is 2.62 bits per heavy atom. The third-order valence-electron chi connectivity index (χ3n) is 2.16. The molecule has 1 aromatic carbocycles. The number of benzene rings is 1. The SMILES string of the molecule is C=C/C=C(/CCSc1ccc(C)cc1)N=C. The molecule has 0 bridgehead atoms. The lowest BCUT2D eigenvalue weighted by Gasteiger charge is -2.02. The number of aliphatic imine (C=N–C) groups is 1. The monoisotopic (exact) mass is 231 g/mol. The van der Waals surface area contributed by atoms with Crippen LogP contribution >= 0.6 is 11.8 Å². The van der Waals surface area contributed by atoms with Crippen molar-refractivity contribution in [3.8, 4) is 0 Å². The summed E-state index contributed by atoms with van der Waals surface area (Å²) in [6.07, 6.45) is 4.58. The molecular weight excluding hydrogens is 214 g/mol. The Bertz CT molecular complexity index is 376. The maximum absolute atomic E-state index is 3.95. The van der Waals surface area contributed by atoms with Crippen molar-refractivity contribution in [3.63, 3.8) is 0 Å². The number of hydrogen-bond acceptors (Lipinski definition) is 2. The second kappa shape index (κ2) is 7.07. The van der Waals surface area contributed by atoms with Crippen molar-refractivity contribution in [1.82, 2.24) is 0 Å². The van der Waals surface area contributed by atoms with Gasteiger partial charge in [0.15, 0.2) is 0 Å². The van der Waals surface area contributed by atoms with Crippen molar-refractivity contribution >= 4 is 18.5 Å². The highest BCUT2D eigenvalue weighted by Gasteiger charge is 1.96. The van der Waals surface area contributed by atoms with Gasteiger partial charge in [-0.2, -0.15) is 0 Å². The summed E-state index contributed by atoms with van der Waals surface area (Å²) >= 11 is 1.84. The van der Waals surface area contributed by atoms with Crippen LogP contribution in [0, 0.1) is 6.92 Å². The molecule has 0 spiro atoms. The minimum absolute atomic E-state index is 0.925. The number of aryl methyl sites for hydroxylation is 1. The lowest BCUT2D eigenvalue weighted by atomic mass is 10.2. The van der Waals surface area contributed by atoms with E-state index >= 15 is 0 Å². The summed E-state index contributed by atoms with van der Waals surface area (Å²) in [4.78, 5) is 5.25. The number of allylic oxidation sites excluding steroid dienone is 3. The van der Waals surface area contributed by atoms with Crippen LogP contribution in [0.25, 0.3) is 0 Å². The summed E-state index contributed by atoms with van der Waals surface area (Å²) in [6, 6.07) is 8.57. The molecule has 0 atom stereocenters. The average molecular weight is 231 g/mol. The topological polar surface area (TPSA) is 12.4 Å². The maximum atomic E-state index is 3.95. The van der Waals surface area contributed by atoms with Crippen LogP contribution in [0.4, 0.5) is 0 Å². The van der Waals surface area contributed by atoms with Crippen LogP contribution in [0.5, 0.6) is 0 Å².